The molecule has 0 saturated carbocycles. The molecule has 0 aromatic carbocycles. The van der Waals surface area contributed by atoms with E-state index in [0.717, 1.165) is 4.88 Å². The van der Waals surface area contributed by atoms with Crippen molar-refractivity contribution in [2.24, 2.45) is 5.10 Å². The van der Waals surface area contributed by atoms with Gasteiger partial charge in [-0.2, -0.15) is 5.10 Å². The zero-order valence-corrected chi connectivity index (χ0v) is 11.5. The number of nitrogens with one attached hydrogen (secondary N) is 1. The van der Waals surface area contributed by atoms with Gasteiger partial charge in [0.2, 0.25) is 5.13 Å². The number of aryl methyl sites for hydroxylation is 1. The Hall–Kier alpha value is -1.73. The highest BCUT2D eigenvalue weighted by Gasteiger charge is 2.15. The first-order valence-corrected chi connectivity index (χ1v) is 6.78. The molecule has 2 heterocycles. The lowest BCUT2D eigenvalue weighted by Gasteiger charge is -1.93. The van der Waals surface area contributed by atoms with Crippen LogP contribution in [0.3, 0.4) is 0 Å². The van der Waals surface area contributed by atoms with E-state index in [4.69, 9.17) is 0 Å². The van der Waals surface area contributed by atoms with E-state index in [2.05, 4.69) is 20.2 Å². The highest BCUT2D eigenvalue weighted by Crippen LogP contribution is 2.23. The van der Waals surface area contributed by atoms with E-state index in [0.29, 0.717) is 15.7 Å². The predicted molar refractivity (Wildman–Crippen MR) is 73.7 cm³/mol. The van der Waals surface area contributed by atoms with Crippen molar-refractivity contribution < 1.29 is 9.53 Å². The van der Waals surface area contributed by atoms with Gasteiger partial charge in [-0.3, -0.25) is 5.43 Å². The summed E-state index contributed by atoms with van der Waals surface area (Å²) in [5, 5.41) is 6.60. The van der Waals surface area contributed by atoms with Crippen LogP contribution >= 0.6 is 22.7 Å². The van der Waals surface area contributed by atoms with Gasteiger partial charge in [0.1, 0.15) is 4.88 Å². The second-order valence-corrected chi connectivity index (χ2v) is 5.29. The number of carbonyl (C=O) groups excluding carboxylic acids is 1. The first kappa shape index (κ1) is 12.7. The molecular weight excluding hydrogens is 270 g/mol. The third-order valence-corrected chi connectivity index (χ3v) is 3.91. The van der Waals surface area contributed by atoms with Gasteiger partial charge in [0.15, 0.2) is 0 Å². The van der Waals surface area contributed by atoms with Gasteiger partial charge in [-0.05, 0) is 18.4 Å². The Morgan fingerprint density at radius 2 is 2.44 bits per heavy atom. The van der Waals surface area contributed by atoms with Crippen molar-refractivity contribution in [3.63, 3.8) is 0 Å². The van der Waals surface area contributed by atoms with Crippen LogP contribution in [0.25, 0.3) is 0 Å². The number of aromatic nitrogens is 1. The average Bonchev–Trinajstić information content (AvgIpc) is 2.98. The molecule has 2 aromatic heterocycles. The number of methoxy groups -OCH3 is 1. The fourth-order valence-corrected chi connectivity index (χ4v) is 2.66. The molecule has 2 rings (SSSR count). The number of ether oxygens (including phenoxy) is 1. The Labute approximate surface area is 112 Å². The minimum Gasteiger partial charge on any atom is -0.465 e. The number of nitrogens with zero attached hydrogens (tertiary/aromatic N) is 2. The Bertz CT molecular complexity index is 561. The smallest absolute Gasteiger partial charge is 0.350 e. The van der Waals surface area contributed by atoms with Crippen molar-refractivity contribution in [1.29, 1.82) is 0 Å². The van der Waals surface area contributed by atoms with Crippen LogP contribution in [0.5, 0.6) is 0 Å². The lowest BCUT2D eigenvalue weighted by atomic mass is 10.4. The lowest BCUT2D eigenvalue weighted by Crippen LogP contribution is -1.99. The van der Waals surface area contributed by atoms with Gasteiger partial charge in [0.25, 0.3) is 0 Å². The number of anilines is 1. The van der Waals surface area contributed by atoms with Crippen molar-refractivity contribution in [2.45, 2.75) is 6.92 Å². The summed E-state index contributed by atoms with van der Waals surface area (Å²) in [5.74, 6) is -0.375. The fraction of sp³-hybridized carbons (Fsp3) is 0.182. The Balaban J connectivity index is 2.04. The standard InChI is InChI=1S/C11H11N3O2S2/c1-7-9(10(15)16-2)18-11(13-7)14-12-6-8-4-3-5-17-8/h3-6H,1-2H3,(H,13,14)/b12-6+. The molecule has 1 N–H and O–H groups in total. The van der Waals surface area contributed by atoms with Crippen LogP contribution < -0.4 is 5.43 Å². The maximum atomic E-state index is 11.4. The average molecular weight is 281 g/mol. The topological polar surface area (TPSA) is 63.6 Å². The fourth-order valence-electron chi connectivity index (χ4n) is 1.24. The molecule has 0 spiro atoms. The third-order valence-electron chi connectivity index (χ3n) is 2.06. The van der Waals surface area contributed by atoms with Crippen LogP contribution in [0, 0.1) is 6.92 Å². The van der Waals surface area contributed by atoms with E-state index in [1.165, 1.54) is 18.4 Å². The Morgan fingerprint density at radius 3 is 3.11 bits per heavy atom. The molecule has 18 heavy (non-hydrogen) atoms. The van der Waals surface area contributed by atoms with Crippen LogP contribution in [0.15, 0.2) is 22.6 Å². The molecule has 0 amide bonds. The third kappa shape index (κ3) is 2.93. The number of thiazole rings is 1. The molecule has 0 radical (unpaired) electrons. The molecule has 0 bridgehead atoms. The molecular formula is C11H11N3O2S2. The maximum Gasteiger partial charge on any atom is 0.350 e. The van der Waals surface area contributed by atoms with E-state index in [-0.39, 0.29) is 5.97 Å². The predicted octanol–water partition coefficient (Wildman–Crippen LogP) is 2.75. The largest absolute Gasteiger partial charge is 0.465 e. The SMILES string of the molecule is COC(=O)c1sc(N/N=C/c2cccs2)nc1C. The number of thiophene rings is 1. The van der Waals surface area contributed by atoms with Crippen molar-refractivity contribution in [3.05, 3.63) is 33.0 Å². The van der Waals surface area contributed by atoms with Crippen LogP contribution in [-0.2, 0) is 4.74 Å². The Kier molecular flexibility index (Phi) is 4.06. The monoisotopic (exact) mass is 281 g/mol. The molecule has 5 nitrogen and oxygen atoms in total. The summed E-state index contributed by atoms with van der Waals surface area (Å²) < 4.78 is 4.66. The van der Waals surface area contributed by atoms with Crippen LogP contribution in [0.1, 0.15) is 20.2 Å². The summed E-state index contributed by atoms with van der Waals surface area (Å²) in [6.45, 7) is 1.76. The molecule has 0 atom stereocenters. The molecule has 94 valence electrons. The molecule has 7 heteroatoms. The van der Waals surface area contributed by atoms with Gasteiger partial charge in [-0.15, -0.1) is 11.3 Å². The van der Waals surface area contributed by atoms with Crippen molar-refractivity contribution in [2.75, 3.05) is 12.5 Å². The molecule has 0 fully saturated rings. The normalized spacial score (nSPS) is 10.8. The molecule has 0 unspecified atom stereocenters. The summed E-state index contributed by atoms with van der Waals surface area (Å²) in [4.78, 5) is 17.1. The summed E-state index contributed by atoms with van der Waals surface area (Å²) in [6.07, 6.45) is 1.71. The van der Waals surface area contributed by atoms with Crippen LogP contribution in [0.4, 0.5) is 5.13 Å². The van der Waals surface area contributed by atoms with E-state index >= 15 is 0 Å². The molecule has 0 aliphatic rings. The van der Waals surface area contributed by atoms with Gasteiger partial charge < -0.3 is 4.74 Å². The van der Waals surface area contributed by atoms with E-state index in [1.54, 1.807) is 24.5 Å². The molecule has 0 aliphatic carbocycles. The van der Waals surface area contributed by atoms with Crippen molar-refractivity contribution >= 4 is 40.0 Å². The van der Waals surface area contributed by atoms with Gasteiger partial charge in [-0.25, -0.2) is 9.78 Å². The summed E-state index contributed by atoms with van der Waals surface area (Å²) in [5.41, 5.74) is 3.44. The van der Waals surface area contributed by atoms with E-state index < -0.39 is 0 Å². The summed E-state index contributed by atoms with van der Waals surface area (Å²) in [6, 6.07) is 3.91. The first-order valence-electron chi connectivity index (χ1n) is 5.09. The Morgan fingerprint density at radius 1 is 1.61 bits per heavy atom. The quantitative estimate of drug-likeness (QED) is 0.532. The number of carbonyl (C=O) groups is 1. The molecule has 0 saturated heterocycles. The van der Waals surface area contributed by atoms with Crippen molar-refractivity contribution in [1.82, 2.24) is 4.98 Å². The number of hydrazone groups is 1. The first-order chi connectivity index (χ1) is 8.70. The maximum absolute atomic E-state index is 11.4. The van der Waals surface area contributed by atoms with Crippen LogP contribution in [0.2, 0.25) is 0 Å². The number of rotatable bonds is 4. The van der Waals surface area contributed by atoms with Crippen molar-refractivity contribution in [3.8, 4) is 0 Å². The lowest BCUT2D eigenvalue weighted by molar-refractivity contribution is 0.0605. The van der Waals surface area contributed by atoms with Gasteiger partial charge in [-0.1, -0.05) is 17.4 Å². The number of esters is 1. The zero-order chi connectivity index (χ0) is 13.0. The summed E-state index contributed by atoms with van der Waals surface area (Å²) in [7, 11) is 1.35. The second-order valence-electron chi connectivity index (χ2n) is 3.31. The number of hydrogen-bond acceptors (Lipinski definition) is 7. The molecule has 2 aromatic rings. The second kappa shape index (κ2) is 5.74. The number of hydrogen-bond donors (Lipinski definition) is 1. The van der Waals surface area contributed by atoms with Crippen LogP contribution in [-0.4, -0.2) is 24.3 Å². The molecule has 0 aliphatic heterocycles. The minimum absolute atomic E-state index is 0.375. The highest BCUT2D eigenvalue weighted by molar-refractivity contribution is 7.17. The van der Waals surface area contributed by atoms with E-state index in [1.807, 2.05) is 17.5 Å². The summed E-state index contributed by atoms with van der Waals surface area (Å²) >= 11 is 2.82. The highest BCUT2D eigenvalue weighted by atomic mass is 32.1. The van der Waals surface area contributed by atoms with E-state index in [9.17, 15) is 4.79 Å². The van der Waals surface area contributed by atoms with Gasteiger partial charge in [0, 0.05) is 4.88 Å². The minimum atomic E-state index is -0.375. The van der Waals surface area contributed by atoms with Gasteiger partial charge in [0.05, 0.1) is 19.0 Å². The zero-order valence-electron chi connectivity index (χ0n) is 9.84. The van der Waals surface area contributed by atoms with Gasteiger partial charge >= 0.3 is 5.97 Å².